The van der Waals surface area contributed by atoms with Crippen molar-refractivity contribution >= 4 is 34.6 Å². The van der Waals surface area contributed by atoms with Gasteiger partial charge in [0.05, 0.1) is 10.9 Å². The molecule has 0 bridgehead atoms. The van der Waals surface area contributed by atoms with Crippen molar-refractivity contribution in [2.24, 2.45) is 4.99 Å². The fourth-order valence-electron chi connectivity index (χ4n) is 3.01. The molecule has 1 aliphatic rings. The van der Waals surface area contributed by atoms with Crippen LogP contribution in [0.1, 0.15) is 17.9 Å². The minimum Gasteiger partial charge on any atom is -0.386 e. The number of para-hydroxylation sites is 1. The van der Waals surface area contributed by atoms with Gasteiger partial charge in [-0.05, 0) is 31.2 Å². The Morgan fingerprint density at radius 3 is 2.54 bits per heavy atom. The number of aliphatic hydroxyl groups is 1. The number of anilines is 1. The molecule has 0 amide bonds. The molecule has 140 valence electrons. The summed E-state index contributed by atoms with van der Waals surface area (Å²) in [6.07, 6.45) is -0.619. The van der Waals surface area contributed by atoms with Gasteiger partial charge in [-0.25, -0.2) is 0 Å². The number of hydrogen-bond donors (Lipinski definition) is 2. The number of nitrogens with zero attached hydrogens (tertiary/aromatic N) is 3. The summed E-state index contributed by atoms with van der Waals surface area (Å²) in [5, 5.41) is 13.7. The van der Waals surface area contributed by atoms with Gasteiger partial charge >= 0.3 is 0 Å². The van der Waals surface area contributed by atoms with E-state index in [1.165, 1.54) is 17.0 Å². The van der Waals surface area contributed by atoms with Crippen LogP contribution in [0.4, 0.5) is 5.69 Å². The van der Waals surface area contributed by atoms with Crippen LogP contribution in [0.5, 0.6) is 0 Å². The van der Waals surface area contributed by atoms with Crippen molar-refractivity contribution in [3.63, 3.8) is 0 Å². The molecule has 1 unspecified atom stereocenters. The molecular formula is C19H25ClN4OS. The Hall–Kier alpha value is -1.76. The third-order valence-electron chi connectivity index (χ3n) is 4.37. The molecule has 0 spiro atoms. The second kappa shape index (κ2) is 9.26. The molecule has 1 atom stereocenters. The monoisotopic (exact) mass is 392 g/mol. The van der Waals surface area contributed by atoms with Crippen molar-refractivity contribution in [1.82, 2.24) is 10.2 Å². The summed E-state index contributed by atoms with van der Waals surface area (Å²) in [6, 6.07) is 14.2. The summed E-state index contributed by atoms with van der Waals surface area (Å²) in [5.41, 5.74) is 1.26. The lowest BCUT2D eigenvalue weighted by molar-refractivity contribution is 0.190. The van der Waals surface area contributed by atoms with Crippen LogP contribution in [0.3, 0.4) is 0 Å². The summed E-state index contributed by atoms with van der Waals surface area (Å²) >= 11 is 7.35. The summed E-state index contributed by atoms with van der Waals surface area (Å²) < 4.78 is 0.687. The topological polar surface area (TPSA) is 51.1 Å². The molecule has 0 radical (unpaired) electrons. The number of aliphatic hydroxyl groups excluding tert-OH is 1. The molecule has 2 N–H and O–H groups in total. The van der Waals surface area contributed by atoms with Gasteiger partial charge in [-0.2, -0.15) is 0 Å². The van der Waals surface area contributed by atoms with Crippen LogP contribution in [0.25, 0.3) is 0 Å². The van der Waals surface area contributed by atoms with E-state index in [-0.39, 0.29) is 0 Å². The molecule has 1 aliphatic heterocycles. The standard InChI is InChI=1S/C19H25ClN4OS/c1-2-21-19(22-14-16(25)17-8-9-18(20)26-17)24-12-10-23(11-13-24)15-6-4-3-5-7-15/h3-9,16,25H,2,10-14H2,1H3,(H,21,22). The molecule has 1 fully saturated rings. The molecule has 2 heterocycles. The highest BCUT2D eigenvalue weighted by Crippen LogP contribution is 2.27. The van der Waals surface area contributed by atoms with E-state index >= 15 is 0 Å². The Balaban J connectivity index is 1.59. The molecule has 5 nitrogen and oxygen atoms in total. The average molecular weight is 393 g/mol. The molecule has 0 saturated carbocycles. The molecule has 2 aromatic rings. The number of thiophene rings is 1. The lowest BCUT2D eigenvalue weighted by Gasteiger charge is -2.37. The highest BCUT2D eigenvalue weighted by molar-refractivity contribution is 7.16. The molecule has 0 aliphatic carbocycles. The van der Waals surface area contributed by atoms with Crippen LogP contribution in [-0.2, 0) is 0 Å². The number of nitrogens with one attached hydrogen (secondary N) is 1. The zero-order valence-electron chi connectivity index (χ0n) is 14.9. The molecule has 3 rings (SSSR count). The van der Waals surface area contributed by atoms with Gasteiger partial charge < -0.3 is 20.2 Å². The van der Waals surface area contributed by atoms with Crippen LogP contribution in [0.2, 0.25) is 4.34 Å². The minimum atomic E-state index is -0.619. The third kappa shape index (κ3) is 4.90. The van der Waals surface area contributed by atoms with Crippen molar-refractivity contribution < 1.29 is 5.11 Å². The molecule has 7 heteroatoms. The average Bonchev–Trinajstić information content (AvgIpc) is 3.12. The number of guanidine groups is 1. The summed E-state index contributed by atoms with van der Waals surface area (Å²) in [7, 11) is 0. The first-order valence-electron chi connectivity index (χ1n) is 8.94. The maximum Gasteiger partial charge on any atom is 0.194 e. The predicted molar refractivity (Wildman–Crippen MR) is 110 cm³/mol. The number of hydrogen-bond acceptors (Lipinski definition) is 4. The molecule has 26 heavy (non-hydrogen) atoms. The normalized spacial score (nSPS) is 16.7. The lowest BCUT2D eigenvalue weighted by Crippen LogP contribution is -2.52. The number of halogens is 1. The van der Waals surface area contributed by atoms with E-state index in [0.717, 1.165) is 43.6 Å². The number of aliphatic imine (C=N–C) groups is 1. The molecule has 1 aromatic heterocycles. The van der Waals surface area contributed by atoms with E-state index < -0.39 is 6.10 Å². The van der Waals surface area contributed by atoms with E-state index in [1.807, 2.05) is 18.2 Å². The van der Waals surface area contributed by atoms with Gasteiger partial charge in [0.1, 0.15) is 6.10 Å². The van der Waals surface area contributed by atoms with Crippen LogP contribution in [-0.4, -0.2) is 55.2 Å². The van der Waals surface area contributed by atoms with E-state index in [4.69, 9.17) is 11.6 Å². The molecular weight excluding hydrogens is 368 g/mol. The van der Waals surface area contributed by atoms with Gasteiger partial charge in [0.25, 0.3) is 0 Å². The fraction of sp³-hybridized carbons (Fsp3) is 0.421. The summed E-state index contributed by atoms with van der Waals surface area (Å²) in [4.78, 5) is 10.1. The van der Waals surface area contributed by atoms with Gasteiger partial charge in [0.15, 0.2) is 5.96 Å². The largest absolute Gasteiger partial charge is 0.386 e. The van der Waals surface area contributed by atoms with Crippen molar-refractivity contribution in [2.45, 2.75) is 13.0 Å². The van der Waals surface area contributed by atoms with E-state index in [2.05, 4.69) is 51.3 Å². The zero-order valence-corrected chi connectivity index (χ0v) is 16.5. The Labute approximate surface area is 163 Å². The maximum atomic E-state index is 10.3. The first-order chi connectivity index (χ1) is 12.7. The van der Waals surface area contributed by atoms with Crippen molar-refractivity contribution in [3.8, 4) is 0 Å². The summed E-state index contributed by atoms with van der Waals surface area (Å²) in [5.74, 6) is 0.863. The Bertz CT molecular complexity index is 713. The van der Waals surface area contributed by atoms with Crippen LogP contribution < -0.4 is 10.2 Å². The van der Waals surface area contributed by atoms with Gasteiger partial charge in [-0.3, -0.25) is 4.99 Å². The number of piperazine rings is 1. The molecule has 1 saturated heterocycles. The van der Waals surface area contributed by atoms with Gasteiger partial charge in [-0.15, -0.1) is 11.3 Å². The number of rotatable bonds is 5. The fourth-order valence-corrected chi connectivity index (χ4v) is 4.05. The Kier molecular flexibility index (Phi) is 6.77. The number of benzene rings is 1. The maximum absolute atomic E-state index is 10.3. The smallest absolute Gasteiger partial charge is 0.194 e. The van der Waals surface area contributed by atoms with Gasteiger partial charge in [-0.1, -0.05) is 29.8 Å². The lowest BCUT2D eigenvalue weighted by atomic mass is 10.2. The predicted octanol–water partition coefficient (Wildman–Crippen LogP) is 3.22. The van der Waals surface area contributed by atoms with Gasteiger partial charge in [0, 0.05) is 43.3 Å². The van der Waals surface area contributed by atoms with Crippen molar-refractivity contribution in [3.05, 3.63) is 51.7 Å². The first kappa shape index (κ1) is 19.0. The Morgan fingerprint density at radius 2 is 1.92 bits per heavy atom. The quantitative estimate of drug-likeness (QED) is 0.606. The van der Waals surface area contributed by atoms with Crippen molar-refractivity contribution in [2.75, 3.05) is 44.2 Å². The SMILES string of the molecule is CCNC(=NCC(O)c1ccc(Cl)s1)N1CCN(c2ccccc2)CC1. The highest BCUT2D eigenvalue weighted by atomic mass is 35.5. The summed E-state index contributed by atoms with van der Waals surface area (Å²) in [6.45, 7) is 6.92. The Morgan fingerprint density at radius 1 is 1.19 bits per heavy atom. The first-order valence-corrected chi connectivity index (χ1v) is 10.1. The second-order valence-corrected chi connectivity index (χ2v) is 7.91. The van der Waals surface area contributed by atoms with E-state index in [0.29, 0.717) is 10.9 Å². The minimum absolute atomic E-state index is 0.331. The molecule has 1 aromatic carbocycles. The van der Waals surface area contributed by atoms with Crippen LogP contribution in [0.15, 0.2) is 47.5 Å². The van der Waals surface area contributed by atoms with Crippen LogP contribution >= 0.6 is 22.9 Å². The van der Waals surface area contributed by atoms with E-state index in [1.54, 1.807) is 0 Å². The third-order valence-corrected chi connectivity index (χ3v) is 5.70. The van der Waals surface area contributed by atoms with E-state index in [9.17, 15) is 5.11 Å². The second-order valence-electron chi connectivity index (χ2n) is 6.16. The van der Waals surface area contributed by atoms with Crippen molar-refractivity contribution in [1.29, 1.82) is 0 Å². The zero-order chi connectivity index (χ0) is 18.4. The highest BCUT2D eigenvalue weighted by Gasteiger charge is 2.20. The van der Waals surface area contributed by atoms with Gasteiger partial charge in [0.2, 0.25) is 0 Å². The van der Waals surface area contributed by atoms with Crippen LogP contribution in [0, 0.1) is 0 Å².